The van der Waals surface area contributed by atoms with Crippen LogP contribution in [0.15, 0.2) is 35.7 Å². The van der Waals surface area contributed by atoms with E-state index in [1.54, 1.807) is 6.20 Å². The first-order chi connectivity index (χ1) is 12.2. The molecule has 1 aliphatic heterocycles. The highest BCUT2D eigenvalue weighted by atomic mass is 16.5. The molecule has 2 atom stereocenters. The molecule has 0 saturated heterocycles. The molecular weight excluding hydrogens is 316 g/mol. The van der Waals surface area contributed by atoms with E-state index in [1.807, 2.05) is 31.3 Å². The summed E-state index contributed by atoms with van der Waals surface area (Å²) in [6.45, 7) is 4.16. The molecule has 0 saturated carbocycles. The summed E-state index contributed by atoms with van der Waals surface area (Å²) in [5.74, 6) is 1.58. The zero-order valence-corrected chi connectivity index (χ0v) is 14.2. The minimum Gasteiger partial charge on any atom is -0.485 e. The van der Waals surface area contributed by atoms with Crippen LogP contribution in [0.1, 0.15) is 25.3 Å². The second-order valence-corrected chi connectivity index (χ2v) is 6.34. The van der Waals surface area contributed by atoms with E-state index in [-0.39, 0.29) is 6.10 Å². The van der Waals surface area contributed by atoms with Crippen LogP contribution in [0.25, 0.3) is 11.0 Å². The van der Waals surface area contributed by atoms with E-state index in [4.69, 9.17) is 4.74 Å². The fraction of sp³-hybridized carbons (Fsp3) is 0.333. The van der Waals surface area contributed by atoms with Crippen molar-refractivity contribution in [3.05, 3.63) is 36.3 Å². The topological polar surface area (TPSA) is 88.1 Å². The predicted molar refractivity (Wildman–Crippen MR) is 97.7 cm³/mol. The zero-order valence-electron chi connectivity index (χ0n) is 14.2. The Hall–Kier alpha value is -2.96. The number of aliphatic imine (C=N–C) groups is 1. The van der Waals surface area contributed by atoms with Gasteiger partial charge in [0.15, 0.2) is 5.82 Å². The number of H-pyrrole nitrogens is 1. The Labute approximate surface area is 145 Å². The van der Waals surface area contributed by atoms with Crippen molar-refractivity contribution in [2.45, 2.75) is 38.8 Å². The number of ether oxygens (including phenoxy) is 1. The lowest BCUT2D eigenvalue weighted by atomic mass is 10.1. The molecule has 1 aliphatic rings. The van der Waals surface area contributed by atoms with Crippen LogP contribution in [-0.4, -0.2) is 38.5 Å². The Kier molecular flexibility index (Phi) is 4.05. The van der Waals surface area contributed by atoms with Gasteiger partial charge in [-0.2, -0.15) is 5.10 Å². The van der Waals surface area contributed by atoms with Gasteiger partial charge in [0.25, 0.3) is 0 Å². The molecule has 4 rings (SSSR count). The summed E-state index contributed by atoms with van der Waals surface area (Å²) >= 11 is 0. The number of nitrogens with zero attached hydrogens (tertiary/aromatic N) is 4. The third-order valence-electron chi connectivity index (χ3n) is 4.33. The monoisotopic (exact) mass is 336 g/mol. The van der Waals surface area contributed by atoms with Crippen molar-refractivity contribution in [3.63, 3.8) is 0 Å². The molecule has 25 heavy (non-hydrogen) atoms. The van der Waals surface area contributed by atoms with Crippen LogP contribution >= 0.6 is 0 Å². The van der Waals surface area contributed by atoms with Gasteiger partial charge >= 0.3 is 0 Å². The average Bonchev–Trinajstić information content (AvgIpc) is 3.09. The Morgan fingerprint density at radius 1 is 1.24 bits per heavy atom. The van der Waals surface area contributed by atoms with Crippen molar-refractivity contribution < 1.29 is 4.74 Å². The maximum atomic E-state index is 6.08. The highest BCUT2D eigenvalue weighted by molar-refractivity contribution is 5.86. The second-order valence-electron chi connectivity index (χ2n) is 6.34. The summed E-state index contributed by atoms with van der Waals surface area (Å²) in [6, 6.07) is 6.41. The Morgan fingerprint density at radius 2 is 2.16 bits per heavy atom. The second kappa shape index (κ2) is 6.51. The van der Waals surface area contributed by atoms with Crippen LogP contribution in [0.5, 0.6) is 5.75 Å². The minimum atomic E-state index is 0.0557. The van der Waals surface area contributed by atoms with Crippen LogP contribution < -0.4 is 10.1 Å². The van der Waals surface area contributed by atoms with Gasteiger partial charge in [0, 0.05) is 17.9 Å². The lowest BCUT2D eigenvalue weighted by Crippen LogP contribution is -2.24. The molecule has 1 aromatic carbocycles. The van der Waals surface area contributed by atoms with Crippen molar-refractivity contribution in [3.8, 4) is 5.75 Å². The van der Waals surface area contributed by atoms with Gasteiger partial charge in [-0.25, -0.2) is 9.97 Å². The zero-order chi connectivity index (χ0) is 17.2. The Bertz CT molecular complexity index is 919. The lowest BCUT2D eigenvalue weighted by Gasteiger charge is -2.22. The Morgan fingerprint density at radius 3 is 2.96 bits per heavy atom. The van der Waals surface area contributed by atoms with Gasteiger partial charge in [0.05, 0.1) is 6.20 Å². The maximum Gasteiger partial charge on any atom is 0.159 e. The molecule has 2 N–H and O–H groups in total. The van der Waals surface area contributed by atoms with E-state index in [9.17, 15) is 0 Å². The summed E-state index contributed by atoms with van der Waals surface area (Å²) < 4.78 is 6.08. The first kappa shape index (κ1) is 15.6. The average molecular weight is 336 g/mol. The number of hydrogen-bond donors (Lipinski definition) is 2. The van der Waals surface area contributed by atoms with E-state index in [0.717, 1.165) is 40.9 Å². The van der Waals surface area contributed by atoms with Crippen molar-refractivity contribution in [2.75, 3.05) is 5.32 Å². The van der Waals surface area contributed by atoms with E-state index in [0.29, 0.717) is 11.9 Å². The van der Waals surface area contributed by atoms with Gasteiger partial charge in [-0.3, -0.25) is 10.1 Å². The SMILES string of the molecule is Cc1cc(Nc2ncnc3cn[nH]c23)ccc1OC1C=NC(C)CC1. The number of aromatic amines is 1. The molecule has 0 bridgehead atoms. The van der Waals surface area contributed by atoms with Crippen LogP contribution in [0, 0.1) is 6.92 Å². The summed E-state index contributed by atoms with van der Waals surface area (Å²) in [5.41, 5.74) is 3.56. The number of fused-ring (bicyclic) bond motifs is 1. The first-order valence-corrected chi connectivity index (χ1v) is 8.41. The van der Waals surface area contributed by atoms with E-state index in [1.165, 1.54) is 6.33 Å². The number of aromatic nitrogens is 4. The molecule has 0 spiro atoms. The lowest BCUT2D eigenvalue weighted by molar-refractivity contribution is 0.244. The number of hydrogen-bond acceptors (Lipinski definition) is 6. The van der Waals surface area contributed by atoms with Crippen LogP contribution in [0.2, 0.25) is 0 Å². The number of anilines is 2. The maximum absolute atomic E-state index is 6.08. The number of aryl methyl sites for hydroxylation is 1. The normalized spacial score (nSPS) is 19.9. The van der Waals surface area contributed by atoms with Gasteiger partial charge in [0.2, 0.25) is 0 Å². The molecule has 0 amide bonds. The van der Waals surface area contributed by atoms with E-state index in [2.05, 4.69) is 37.4 Å². The molecule has 7 nitrogen and oxygen atoms in total. The van der Waals surface area contributed by atoms with E-state index >= 15 is 0 Å². The predicted octanol–water partition coefficient (Wildman–Crippen LogP) is 3.41. The first-order valence-electron chi connectivity index (χ1n) is 8.41. The third-order valence-corrected chi connectivity index (χ3v) is 4.33. The molecular formula is C18H20N6O. The highest BCUT2D eigenvalue weighted by Gasteiger charge is 2.16. The molecule has 2 aromatic heterocycles. The molecule has 2 unspecified atom stereocenters. The largest absolute Gasteiger partial charge is 0.485 e. The van der Waals surface area contributed by atoms with Crippen molar-refractivity contribution in [1.29, 1.82) is 0 Å². The summed E-state index contributed by atoms with van der Waals surface area (Å²) in [6.07, 6.45) is 7.25. The minimum absolute atomic E-state index is 0.0557. The van der Waals surface area contributed by atoms with Gasteiger partial charge in [-0.15, -0.1) is 0 Å². The molecule has 3 aromatic rings. The molecule has 7 heteroatoms. The summed E-state index contributed by atoms with van der Waals surface area (Å²) in [5, 5.41) is 10.2. The van der Waals surface area contributed by atoms with Gasteiger partial charge in [0.1, 0.15) is 29.2 Å². The van der Waals surface area contributed by atoms with Gasteiger partial charge in [-0.05, 0) is 50.5 Å². The Balaban J connectivity index is 1.52. The van der Waals surface area contributed by atoms with E-state index < -0.39 is 0 Å². The smallest absolute Gasteiger partial charge is 0.159 e. The van der Waals surface area contributed by atoms with Crippen molar-refractivity contribution in [2.24, 2.45) is 4.99 Å². The van der Waals surface area contributed by atoms with Crippen molar-refractivity contribution >= 4 is 28.8 Å². The molecule has 0 fully saturated rings. The summed E-state index contributed by atoms with van der Waals surface area (Å²) in [7, 11) is 0. The highest BCUT2D eigenvalue weighted by Crippen LogP contribution is 2.27. The molecule has 3 heterocycles. The quantitative estimate of drug-likeness (QED) is 0.762. The molecule has 0 aliphatic carbocycles. The number of rotatable bonds is 4. The van der Waals surface area contributed by atoms with Crippen LogP contribution in [-0.2, 0) is 0 Å². The van der Waals surface area contributed by atoms with Crippen molar-refractivity contribution in [1.82, 2.24) is 20.2 Å². The van der Waals surface area contributed by atoms with Gasteiger partial charge < -0.3 is 10.1 Å². The molecule has 0 radical (unpaired) electrons. The van der Waals surface area contributed by atoms with Gasteiger partial charge in [-0.1, -0.05) is 0 Å². The summed E-state index contributed by atoms with van der Waals surface area (Å²) in [4.78, 5) is 12.9. The number of benzene rings is 1. The third kappa shape index (κ3) is 3.31. The fourth-order valence-electron chi connectivity index (χ4n) is 2.91. The van der Waals surface area contributed by atoms with Crippen LogP contribution in [0.4, 0.5) is 11.5 Å². The molecule has 128 valence electrons. The standard InChI is InChI=1S/C18H20N6O/c1-11-7-13(23-18-17-15(9-22-24-17)20-10-21-18)4-6-16(11)25-14-5-3-12(2)19-8-14/h4,6-10,12,14H,3,5H2,1-2H3,(H,22,24)(H,20,21,23). The fourth-order valence-corrected chi connectivity index (χ4v) is 2.91. The van der Waals surface area contributed by atoms with Crippen LogP contribution in [0.3, 0.4) is 0 Å². The number of nitrogens with one attached hydrogen (secondary N) is 2.